The summed E-state index contributed by atoms with van der Waals surface area (Å²) in [5.41, 5.74) is 3.63. The average Bonchev–Trinajstić information content (AvgIpc) is 2.70. The SMILES string of the molecule is Cc1ccc(CSCC(=O)Nc2ccccc2C(=O)N2CCCCC2)cc1. The van der Waals surface area contributed by atoms with Gasteiger partial charge in [-0.15, -0.1) is 11.8 Å². The lowest BCUT2D eigenvalue weighted by atomic mass is 10.1. The van der Waals surface area contributed by atoms with Crippen molar-refractivity contribution in [2.75, 3.05) is 24.2 Å². The summed E-state index contributed by atoms with van der Waals surface area (Å²) in [5.74, 6) is 1.09. The summed E-state index contributed by atoms with van der Waals surface area (Å²) in [6, 6.07) is 15.6. The van der Waals surface area contributed by atoms with Gasteiger partial charge < -0.3 is 10.2 Å². The topological polar surface area (TPSA) is 49.4 Å². The maximum Gasteiger partial charge on any atom is 0.255 e. The first kappa shape index (κ1) is 19.5. The van der Waals surface area contributed by atoms with Crippen LogP contribution < -0.4 is 5.32 Å². The molecule has 1 fully saturated rings. The van der Waals surface area contributed by atoms with Gasteiger partial charge in [0.2, 0.25) is 5.91 Å². The molecule has 3 rings (SSSR count). The molecule has 2 amide bonds. The van der Waals surface area contributed by atoms with Gasteiger partial charge in [-0.1, -0.05) is 42.0 Å². The van der Waals surface area contributed by atoms with Gasteiger partial charge in [0.1, 0.15) is 0 Å². The van der Waals surface area contributed by atoms with Gasteiger partial charge in [-0.05, 0) is 43.9 Å². The third-order valence-electron chi connectivity index (χ3n) is 4.70. The van der Waals surface area contributed by atoms with Crippen molar-refractivity contribution < 1.29 is 9.59 Å². The molecule has 0 aliphatic carbocycles. The van der Waals surface area contributed by atoms with E-state index in [0.29, 0.717) is 17.0 Å². The van der Waals surface area contributed by atoms with E-state index in [1.807, 2.05) is 17.0 Å². The number of aryl methyl sites for hydroxylation is 1. The summed E-state index contributed by atoms with van der Waals surface area (Å²) in [7, 11) is 0. The molecule has 0 radical (unpaired) electrons. The van der Waals surface area contributed by atoms with Crippen molar-refractivity contribution in [1.29, 1.82) is 0 Å². The van der Waals surface area contributed by atoms with Crippen LogP contribution in [-0.4, -0.2) is 35.6 Å². The van der Waals surface area contributed by atoms with Crippen LogP contribution in [0.1, 0.15) is 40.7 Å². The Kier molecular flexibility index (Phi) is 6.93. The van der Waals surface area contributed by atoms with Gasteiger partial charge >= 0.3 is 0 Å². The number of amides is 2. The predicted molar refractivity (Wildman–Crippen MR) is 112 cm³/mol. The van der Waals surface area contributed by atoms with E-state index >= 15 is 0 Å². The Hall–Kier alpha value is -2.27. The molecule has 27 heavy (non-hydrogen) atoms. The summed E-state index contributed by atoms with van der Waals surface area (Å²) < 4.78 is 0. The van der Waals surface area contributed by atoms with E-state index in [0.717, 1.165) is 31.7 Å². The van der Waals surface area contributed by atoms with E-state index in [9.17, 15) is 9.59 Å². The maximum atomic E-state index is 12.8. The molecule has 0 unspecified atom stereocenters. The summed E-state index contributed by atoms with van der Waals surface area (Å²) in [4.78, 5) is 27.0. The third kappa shape index (κ3) is 5.60. The molecule has 0 bridgehead atoms. The van der Waals surface area contributed by atoms with E-state index in [2.05, 4.69) is 36.5 Å². The molecule has 1 aliphatic rings. The number of piperidine rings is 1. The number of carbonyl (C=O) groups is 2. The van der Waals surface area contributed by atoms with Crippen molar-refractivity contribution in [1.82, 2.24) is 4.90 Å². The second-order valence-electron chi connectivity index (χ2n) is 6.93. The minimum absolute atomic E-state index is 0.0120. The monoisotopic (exact) mass is 382 g/mol. The Morgan fingerprint density at radius 1 is 1.00 bits per heavy atom. The molecule has 1 saturated heterocycles. The Labute approximate surface area is 165 Å². The highest BCUT2D eigenvalue weighted by Gasteiger charge is 2.21. The van der Waals surface area contributed by atoms with E-state index in [4.69, 9.17) is 0 Å². The lowest BCUT2D eigenvalue weighted by molar-refractivity contribution is -0.113. The molecule has 1 aliphatic heterocycles. The number of nitrogens with one attached hydrogen (secondary N) is 1. The van der Waals surface area contributed by atoms with Crippen molar-refractivity contribution in [2.24, 2.45) is 0 Å². The number of hydrogen-bond donors (Lipinski definition) is 1. The van der Waals surface area contributed by atoms with Crippen LogP contribution in [0, 0.1) is 6.92 Å². The number of thioether (sulfide) groups is 1. The molecule has 2 aromatic rings. The second-order valence-corrected chi connectivity index (χ2v) is 7.91. The second kappa shape index (κ2) is 9.60. The predicted octanol–water partition coefficient (Wildman–Crippen LogP) is 4.49. The van der Waals surface area contributed by atoms with Crippen LogP contribution in [0.4, 0.5) is 5.69 Å². The van der Waals surface area contributed by atoms with Gasteiger partial charge in [0.05, 0.1) is 17.0 Å². The molecule has 2 aromatic carbocycles. The first-order valence-electron chi connectivity index (χ1n) is 9.45. The average molecular weight is 383 g/mol. The fourth-order valence-electron chi connectivity index (χ4n) is 3.18. The quantitative estimate of drug-likeness (QED) is 0.801. The van der Waals surface area contributed by atoms with E-state index in [1.165, 1.54) is 17.5 Å². The highest BCUT2D eigenvalue weighted by molar-refractivity contribution is 7.99. The van der Waals surface area contributed by atoms with Gasteiger partial charge in [-0.2, -0.15) is 0 Å². The van der Waals surface area contributed by atoms with Crippen molar-refractivity contribution in [3.05, 3.63) is 65.2 Å². The standard InChI is InChI=1S/C22H26N2O2S/c1-17-9-11-18(12-10-17)15-27-16-21(25)23-20-8-4-3-7-19(20)22(26)24-13-5-2-6-14-24/h3-4,7-12H,2,5-6,13-16H2,1H3,(H,23,25). The Morgan fingerprint density at radius 3 is 2.44 bits per heavy atom. The zero-order valence-corrected chi connectivity index (χ0v) is 16.6. The highest BCUT2D eigenvalue weighted by Crippen LogP contribution is 2.21. The van der Waals surface area contributed by atoms with Crippen LogP contribution in [0.25, 0.3) is 0 Å². The lowest BCUT2D eigenvalue weighted by Gasteiger charge is -2.27. The number of anilines is 1. The van der Waals surface area contributed by atoms with Crippen LogP contribution >= 0.6 is 11.8 Å². The van der Waals surface area contributed by atoms with Crippen molar-refractivity contribution in [3.63, 3.8) is 0 Å². The fraction of sp³-hybridized carbons (Fsp3) is 0.364. The minimum Gasteiger partial charge on any atom is -0.339 e. The van der Waals surface area contributed by atoms with Crippen LogP contribution in [0.5, 0.6) is 0 Å². The van der Waals surface area contributed by atoms with Crippen LogP contribution in [0.2, 0.25) is 0 Å². The molecule has 1 N–H and O–H groups in total. The van der Waals surface area contributed by atoms with Gasteiger partial charge in [0.25, 0.3) is 5.91 Å². The number of para-hydroxylation sites is 1. The van der Waals surface area contributed by atoms with Crippen LogP contribution in [0.15, 0.2) is 48.5 Å². The van der Waals surface area contributed by atoms with Crippen molar-refractivity contribution in [3.8, 4) is 0 Å². The molecule has 0 aromatic heterocycles. The molecule has 0 spiro atoms. The smallest absolute Gasteiger partial charge is 0.255 e. The molecular formula is C22H26N2O2S. The van der Waals surface area contributed by atoms with E-state index in [-0.39, 0.29) is 11.8 Å². The molecule has 1 heterocycles. The lowest BCUT2D eigenvalue weighted by Crippen LogP contribution is -2.36. The number of hydrogen-bond acceptors (Lipinski definition) is 3. The number of rotatable bonds is 6. The number of likely N-dealkylation sites (tertiary alicyclic amines) is 1. The number of carbonyl (C=O) groups excluding carboxylic acids is 2. The molecule has 0 atom stereocenters. The van der Waals surface area contributed by atoms with Crippen LogP contribution in [0.3, 0.4) is 0 Å². The largest absolute Gasteiger partial charge is 0.339 e. The highest BCUT2D eigenvalue weighted by atomic mass is 32.2. The normalized spacial score (nSPS) is 14.0. The Morgan fingerprint density at radius 2 is 1.70 bits per heavy atom. The van der Waals surface area contributed by atoms with Gasteiger partial charge in [-0.25, -0.2) is 0 Å². The Bertz CT molecular complexity index is 783. The zero-order valence-electron chi connectivity index (χ0n) is 15.7. The Balaban J connectivity index is 1.55. The molecule has 0 saturated carbocycles. The maximum absolute atomic E-state index is 12.8. The van der Waals surface area contributed by atoms with Gasteiger partial charge in [-0.3, -0.25) is 9.59 Å². The first-order valence-corrected chi connectivity index (χ1v) is 10.6. The molecule has 5 heteroatoms. The zero-order chi connectivity index (χ0) is 19.1. The third-order valence-corrected chi connectivity index (χ3v) is 5.70. The van der Waals surface area contributed by atoms with Gasteiger partial charge in [0.15, 0.2) is 0 Å². The first-order chi connectivity index (χ1) is 13.1. The van der Waals surface area contributed by atoms with Crippen molar-refractivity contribution in [2.45, 2.75) is 31.9 Å². The molecule has 142 valence electrons. The summed E-state index contributed by atoms with van der Waals surface area (Å²) in [5, 5.41) is 2.92. The number of nitrogens with zero attached hydrogens (tertiary/aromatic N) is 1. The van der Waals surface area contributed by atoms with Crippen LogP contribution in [-0.2, 0) is 10.5 Å². The molecular weight excluding hydrogens is 356 g/mol. The molecule has 4 nitrogen and oxygen atoms in total. The van der Waals surface area contributed by atoms with Crippen molar-refractivity contribution >= 4 is 29.3 Å². The van der Waals surface area contributed by atoms with Gasteiger partial charge in [0, 0.05) is 18.8 Å². The summed E-state index contributed by atoms with van der Waals surface area (Å²) in [6.45, 7) is 3.66. The van der Waals surface area contributed by atoms with E-state index in [1.54, 1.807) is 23.9 Å². The van der Waals surface area contributed by atoms with E-state index < -0.39 is 0 Å². The fourth-order valence-corrected chi connectivity index (χ4v) is 3.97. The minimum atomic E-state index is -0.0778. The summed E-state index contributed by atoms with van der Waals surface area (Å²) >= 11 is 1.57. The number of benzene rings is 2. The summed E-state index contributed by atoms with van der Waals surface area (Å²) in [6.07, 6.45) is 3.28.